The first kappa shape index (κ1) is 20.4. The molecule has 0 saturated carbocycles. The number of aromatic amines is 1. The minimum absolute atomic E-state index is 0.116. The van der Waals surface area contributed by atoms with Crippen molar-refractivity contribution in [2.45, 2.75) is 40.0 Å². The summed E-state index contributed by atoms with van der Waals surface area (Å²) in [5, 5.41) is 2.54. The lowest BCUT2D eigenvalue weighted by atomic mass is 9.86. The Morgan fingerprint density at radius 1 is 0.562 bits per heavy atom. The third kappa shape index (κ3) is 3.67. The number of nitrogens with one attached hydrogen (secondary N) is 1. The quantitative estimate of drug-likeness (QED) is 0.310. The van der Waals surface area contributed by atoms with Gasteiger partial charge in [0.2, 0.25) is 0 Å². The molecule has 1 heterocycles. The Morgan fingerprint density at radius 2 is 1.03 bits per heavy atom. The number of benzene rings is 4. The fraction of sp³-hybridized carbons (Fsp3) is 0.200. The summed E-state index contributed by atoms with van der Waals surface area (Å²) in [4.78, 5) is 5.94. The minimum atomic E-state index is 0.116. The SMILES string of the molecule is Cc1ccc(N(c2ccc(C)cc2)c2ccc3[nH]c4ccc(C(C)(C)C)cc4c3c2)cc1. The Balaban J connectivity index is 1.72. The smallest absolute Gasteiger partial charge is 0.0469 e. The summed E-state index contributed by atoms with van der Waals surface area (Å²) >= 11 is 0. The van der Waals surface area contributed by atoms with Gasteiger partial charge in [-0.1, -0.05) is 62.2 Å². The molecule has 0 aliphatic rings. The molecule has 0 amide bonds. The van der Waals surface area contributed by atoms with Gasteiger partial charge in [-0.15, -0.1) is 0 Å². The highest BCUT2D eigenvalue weighted by Crippen LogP contribution is 2.38. The van der Waals surface area contributed by atoms with Crippen LogP contribution in [0.1, 0.15) is 37.5 Å². The van der Waals surface area contributed by atoms with Crippen LogP contribution < -0.4 is 4.90 Å². The van der Waals surface area contributed by atoms with Crippen molar-refractivity contribution in [1.29, 1.82) is 0 Å². The van der Waals surface area contributed by atoms with Crippen molar-refractivity contribution < 1.29 is 0 Å². The fourth-order valence-corrected chi connectivity index (χ4v) is 4.33. The molecule has 1 aromatic heterocycles. The van der Waals surface area contributed by atoms with Gasteiger partial charge < -0.3 is 9.88 Å². The van der Waals surface area contributed by atoms with Gasteiger partial charge in [-0.2, -0.15) is 0 Å². The summed E-state index contributed by atoms with van der Waals surface area (Å²) in [6.45, 7) is 11.1. The molecule has 4 aromatic carbocycles. The van der Waals surface area contributed by atoms with E-state index in [1.165, 1.54) is 38.5 Å². The van der Waals surface area contributed by atoms with Crippen LogP contribution in [-0.2, 0) is 5.41 Å². The van der Waals surface area contributed by atoms with E-state index in [1.807, 2.05) is 0 Å². The van der Waals surface area contributed by atoms with E-state index in [2.05, 4.69) is 129 Å². The number of hydrogen-bond acceptors (Lipinski definition) is 1. The highest BCUT2D eigenvalue weighted by Gasteiger charge is 2.17. The number of anilines is 3. The van der Waals surface area contributed by atoms with Crippen LogP contribution in [0, 0.1) is 13.8 Å². The largest absolute Gasteiger partial charge is 0.355 e. The first-order chi connectivity index (χ1) is 15.3. The second-order valence-corrected chi connectivity index (χ2v) is 9.87. The monoisotopic (exact) mass is 418 g/mol. The molecule has 32 heavy (non-hydrogen) atoms. The lowest BCUT2D eigenvalue weighted by Gasteiger charge is -2.26. The Labute approximate surface area is 190 Å². The minimum Gasteiger partial charge on any atom is -0.355 e. The number of rotatable bonds is 3. The lowest BCUT2D eigenvalue weighted by Crippen LogP contribution is -2.10. The molecule has 160 valence electrons. The highest BCUT2D eigenvalue weighted by atomic mass is 15.1. The molecule has 0 saturated heterocycles. The Kier molecular flexibility index (Phi) is 4.82. The maximum atomic E-state index is 3.60. The third-order valence-electron chi connectivity index (χ3n) is 6.29. The van der Waals surface area contributed by atoms with Crippen molar-refractivity contribution in [1.82, 2.24) is 4.98 Å². The molecule has 0 fully saturated rings. The fourth-order valence-electron chi connectivity index (χ4n) is 4.33. The van der Waals surface area contributed by atoms with Crippen LogP contribution >= 0.6 is 0 Å². The van der Waals surface area contributed by atoms with Gasteiger partial charge in [-0.25, -0.2) is 0 Å². The Morgan fingerprint density at radius 3 is 1.56 bits per heavy atom. The molecule has 0 bridgehead atoms. The van der Waals surface area contributed by atoms with Gasteiger partial charge in [0, 0.05) is 38.9 Å². The zero-order valence-electron chi connectivity index (χ0n) is 19.5. The number of hydrogen-bond donors (Lipinski definition) is 1. The number of aryl methyl sites for hydroxylation is 2. The predicted octanol–water partition coefficient (Wildman–Crippen LogP) is 8.71. The molecular formula is C30H30N2. The summed E-state index contributed by atoms with van der Waals surface area (Å²) in [5.74, 6) is 0. The lowest BCUT2D eigenvalue weighted by molar-refractivity contribution is 0.591. The van der Waals surface area contributed by atoms with Gasteiger partial charge in [0.15, 0.2) is 0 Å². The third-order valence-corrected chi connectivity index (χ3v) is 6.29. The van der Waals surface area contributed by atoms with E-state index in [4.69, 9.17) is 0 Å². The number of aromatic nitrogens is 1. The van der Waals surface area contributed by atoms with Crippen LogP contribution in [0.4, 0.5) is 17.1 Å². The van der Waals surface area contributed by atoms with Gasteiger partial charge in [0.1, 0.15) is 0 Å². The topological polar surface area (TPSA) is 19.0 Å². The van der Waals surface area contributed by atoms with E-state index in [1.54, 1.807) is 0 Å². The van der Waals surface area contributed by atoms with Crippen molar-refractivity contribution in [3.8, 4) is 0 Å². The number of nitrogens with zero attached hydrogens (tertiary/aromatic N) is 1. The van der Waals surface area contributed by atoms with E-state index < -0.39 is 0 Å². The molecule has 0 radical (unpaired) electrons. The van der Waals surface area contributed by atoms with Crippen molar-refractivity contribution in [2.75, 3.05) is 4.90 Å². The van der Waals surface area contributed by atoms with Crippen molar-refractivity contribution >= 4 is 38.9 Å². The molecule has 0 aliphatic heterocycles. The average molecular weight is 419 g/mol. The molecule has 1 N–H and O–H groups in total. The van der Waals surface area contributed by atoms with E-state index in [0.29, 0.717) is 0 Å². The van der Waals surface area contributed by atoms with Gasteiger partial charge in [0.05, 0.1) is 0 Å². The Bertz CT molecular complexity index is 1350. The standard InChI is InChI=1S/C30H30N2/c1-20-6-11-23(12-7-20)32(24-13-8-21(2)9-14-24)25-15-17-29-27(19-25)26-18-22(30(3,4)5)10-16-28(26)31-29/h6-19,31H,1-5H3. The molecule has 5 rings (SSSR count). The molecular weight excluding hydrogens is 388 g/mol. The molecule has 0 aliphatic carbocycles. The second-order valence-electron chi connectivity index (χ2n) is 9.87. The predicted molar refractivity (Wildman–Crippen MR) is 139 cm³/mol. The van der Waals surface area contributed by atoms with Gasteiger partial charge in [0.25, 0.3) is 0 Å². The van der Waals surface area contributed by atoms with Crippen molar-refractivity contribution in [2.24, 2.45) is 0 Å². The molecule has 2 nitrogen and oxygen atoms in total. The van der Waals surface area contributed by atoms with Gasteiger partial charge in [-0.3, -0.25) is 0 Å². The molecule has 0 unspecified atom stereocenters. The summed E-state index contributed by atoms with van der Waals surface area (Å²) in [6, 6.07) is 31.0. The summed E-state index contributed by atoms with van der Waals surface area (Å²) in [5.41, 5.74) is 9.83. The van der Waals surface area contributed by atoms with Crippen molar-refractivity contribution in [3.63, 3.8) is 0 Å². The number of H-pyrrole nitrogens is 1. The maximum absolute atomic E-state index is 3.60. The zero-order valence-corrected chi connectivity index (χ0v) is 19.5. The van der Waals surface area contributed by atoms with Crippen LogP contribution in [0.5, 0.6) is 0 Å². The number of fused-ring (bicyclic) bond motifs is 3. The second kappa shape index (κ2) is 7.56. The highest BCUT2D eigenvalue weighted by molar-refractivity contribution is 6.09. The summed E-state index contributed by atoms with van der Waals surface area (Å²) < 4.78 is 0. The van der Waals surface area contributed by atoms with Crippen molar-refractivity contribution in [3.05, 3.63) is 102 Å². The van der Waals surface area contributed by atoms with E-state index in [9.17, 15) is 0 Å². The molecule has 0 atom stereocenters. The summed E-state index contributed by atoms with van der Waals surface area (Å²) in [6.07, 6.45) is 0. The van der Waals surface area contributed by atoms with Gasteiger partial charge in [-0.05, 0) is 79.4 Å². The molecule has 0 spiro atoms. The van der Waals surface area contributed by atoms with Crippen LogP contribution in [0.2, 0.25) is 0 Å². The first-order valence-corrected chi connectivity index (χ1v) is 11.3. The molecule has 2 heteroatoms. The normalized spacial score (nSPS) is 11.9. The van der Waals surface area contributed by atoms with Crippen LogP contribution in [0.25, 0.3) is 21.8 Å². The summed E-state index contributed by atoms with van der Waals surface area (Å²) in [7, 11) is 0. The zero-order chi connectivity index (χ0) is 22.5. The van der Waals surface area contributed by atoms with Gasteiger partial charge >= 0.3 is 0 Å². The van der Waals surface area contributed by atoms with E-state index >= 15 is 0 Å². The maximum Gasteiger partial charge on any atom is 0.0469 e. The average Bonchev–Trinajstić information content (AvgIpc) is 3.13. The Hall–Kier alpha value is -3.52. The molecule has 5 aromatic rings. The van der Waals surface area contributed by atoms with Crippen LogP contribution in [-0.4, -0.2) is 4.98 Å². The van der Waals surface area contributed by atoms with Crippen LogP contribution in [0.3, 0.4) is 0 Å². The first-order valence-electron chi connectivity index (χ1n) is 11.3. The van der Waals surface area contributed by atoms with E-state index in [-0.39, 0.29) is 5.41 Å². The van der Waals surface area contributed by atoms with Crippen LogP contribution in [0.15, 0.2) is 84.9 Å². The van der Waals surface area contributed by atoms with E-state index in [0.717, 1.165) is 17.1 Å².